The van der Waals surface area contributed by atoms with Crippen molar-refractivity contribution in [1.29, 1.82) is 0 Å². The van der Waals surface area contributed by atoms with Gasteiger partial charge in [0.25, 0.3) is 5.78 Å². The Hall–Kier alpha value is -3.00. The maximum Gasteiger partial charge on any atom is 0.269 e. The van der Waals surface area contributed by atoms with E-state index in [9.17, 15) is 14.4 Å². The van der Waals surface area contributed by atoms with Crippen LogP contribution in [0.1, 0.15) is 43.9 Å². The summed E-state index contributed by atoms with van der Waals surface area (Å²) in [6.45, 7) is 1.54. The summed E-state index contributed by atoms with van der Waals surface area (Å²) in [5.74, 6) is -1.50. The van der Waals surface area contributed by atoms with Crippen molar-refractivity contribution in [3.8, 4) is 0 Å². The molecule has 0 radical (unpaired) electrons. The van der Waals surface area contributed by atoms with Gasteiger partial charge in [-0.3, -0.25) is 14.4 Å². The quantitative estimate of drug-likeness (QED) is 0.514. The number of hydrogen-bond acceptors (Lipinski definition) is 7. The van der Waals surface area contributed by atoms with Crippen molar-refractivity contribution in [3.63, 3.8) is 0 Å². The van der Waals surface area contributed by atoms with Gasteiger partial charge in [0.05, 0.1) is 0 Å². The lowest BCUT2D eigenvalue weighted by molar-refractivity contribution is -0.114. The zero-order chi connectivity index (χ0) is 17.8. The molecule has 0 aliphatic carbocycles. The molecule has 126 valence electrons. The Morgan fingerprint density at radius 2 is 1.88 bits per heavy atom. The molecule has 0 unspecified atom stereocenters. The number of carbonyl (C=O) groups excluding carboxylic acids is 3. The standard InChI is InChI=1S/C17H14N4O3S/c1-10(22)13-4-2-11(3-5-13)6-14-7-12(9-25-14)8-15(23)16(24)17-18-20-21-19-17/h2-5,7,9H,6,8H2,1H3,(H,18,19,20,21). The molecule has 0 atom stereocenters. The van der Waals surface area contributed by atoms with Gasteiger partial charge < -0.3 is 0 Å². The Morgan fingerprint density at radius 3 is 2.52 bits per heavy atom. The minimum Gasteiger partial charge on any atom is -0.295 e. The molecule has 0 aliphatic rings. The lowest BCUT2D eigenvalue weighted by Gasteiger charge is -2.00. The summed E-state index contributed by atoms with van der Waals surface area (Å²) in [4.78, 5) is 36.2. The Bertz CT molecular complexity index is 914. The van der Waals surface area contributed by atoms with Crippen LogP contribution in [0.2, 0.25) is 0 Å². The Balaban J connectivity index is 1.63. The van der Waals surface area contributed by atoms with E-state index in [1.807, 2.05) is 23.6 Å². The van der Waals surface area contributed by atoms with E-state index in [1.54, 1.807) is 12.1 Å². The van der Waals surface area contributed by atoms with Gasteiger partial charge >= 0.3 is 0 Å². The number of aromatic amines is 1. The van der Waals surface area contributed by atoms with Gasteiger partial charge in [-0.05, 0) is 34.7 Å². The third-order valence-electron chi connectivity index (χ3n) is 3.61. The number of carbonyl (C=O) groups is 3. The third-order valence-corrected chi connectivity index (χ3v) is 4.60. The highest BCUT2D eigenvalue weighted by atomic mass is 32.1. The predicted molar refractivity (Wildman–Crippen MR) is 90.8 cm³/mol. The lowest BCUT2D eigenvalue weighted by atomic mass is 10.0. The van der Waals surface area contributed by atoms with E-state index in [-0.39, 0.29) is 18.0 Å². The molecule has 2 heterocycles. The Morgan fingerprint density at radius 1 is 1.12 bits per heavy atom. The number of benzene rings is 1. The average Bonchev–Trinajstić information content (AvgIpc) is 3.27. The Labute approximate surface area is 147 Å². The van der Waals surface area contributed by atoms with Crippen molar-refractivity contribution in [2.45, 2.75) is 19.8 Å². The van der Waals surface area contributed by atoms with Gasteiger partial charge in [-0.2, -0.15) is 5.21 Å². The molecule has 7 nitrogen and oxygen atoms in total. The predicted octanol–water partition coefficient (Wildman–Crippen LogP) is 2.05. The fraction of sp³-hybridized carbons (Fsp3) is 0.176. The van der Waals surface area contributed by atoms with Crippen LogP contribution < -0.4 is 0 Å². The molecule has 8 heteroatoms. The first-order valence-electron chi connectivity index (χ1n) is 7.50. The molecule has 0 bridgehead atoms. The molecular weight excluding hydrogens is 340 g/mol. The first kappa shape index (κ1) is 16.8. The van der Waals surface area contributed by atoms with Gasteiger partial charge in [0.15, 0.2) is 5.78 Å². The molecule has 3 aromatic rings. The van der Waals surface area contributed by atoms with E-state index in [0.717, 1.165) is 16.0 Å². The number of H-pyrrole nitrogens is 1. The van der Waals surface area contributed by atoms with Crippen LogP contribution >= 0.6 is 11.3 Å². The molecular formula is C17H14N4O3S. The monoisotopic (exact) mass is 354 g/mol. The summed E-state index contributed by atoms with van der Waals surface area (Å²) in [6.07, 6.45) is 0.711. The van der Waals surface area contributed by atoms with Gasteiger partial charge in [0.2, 0.25) is 11.6 Å². The van der Waals surface area contributed by atoms with Gasteiger partial charge in [0.1, 0.15) is 0 Å². The zero-order valence-corrected chi connectivity index (χ0v) is 14.2. The van der Waals surface area contributed by atoms with E-state index < -0.39 is 11.6 Å². The second kappa shape index (κ2) is 7.27. The van der Waals surface area contributed by atoms with E-state index in [1.165, 1.54) is 18.3 Å². The number of rotatable bonds is 7. The highest BCUT2D eigenvalue weighted by molar-refractivity contribution is 7.10. The second-order valence-electron chi connectivity index (χ2n) is 5.52. The van der Waals surface area contributed by atoms with Crippen LogP contribution in [0.5, 0.6) is 0 Å². The number of aromatic nitrogens is 4. The van der Waals surface area contributed by atoms with E-state index >= 15 is 0 Å². The van der Waals surface area contributed by atoms with Gasteiger partial charge in [-0.1, -0.05) is 24.3 Å². The number of nitrogens with zero attached hydrogens (tertiary/aromatic N) is 3. The number of hydrogen-bond donors (Lipinski definition) is 1. The molecule has 0 spiro atoms. The molecule has 3 rings (SSSR count). The summed E-state index contributed by atoms with van der Waals surface area (Å²) in [6, 6.07) is 9.35. The summed E-state index contributed by atoms with van der Waals surface area (Å²) >= 11 is 1.53. The average molecular weight is 354 g/mol. The van der Waals surface area contributed by atoms with Crippen molar-refractivity contribution in [3.05, 3.63) is 63.1 Å². The molecule has 2 aromatic heterocycles. The van der Waals surface area contributed by atoms with Gasteiger partial charge in [-0.15, -0.1) is 21.5 Å². The van der Waals surface area contributed by atoms with Crippen LogP contribution in [0.4, 0.5) is 0 Å². The molecule has 0 aliphatic heterocycles. The van der Waals surface area contributed by atoms with E-state index in [2.05, 4.69) is 20.6 Å². The highest BCUT2D eigenvalue weighted by Crippen LogP contribution is 2.20. The number of thiophene rings is 1. The van der Waals surface area contributed by atoms with Crippen molar-refractivity contribution >= 4 is 28.7 Å². The molecule has 1 aromatic carbocycles. The zero-order valence-electron chi connectivity index (χ0n) is 13.4. The van der Waals surface area contributed by atoms with Crippen LogP contribution in [-0.2, 0) is 17.6 Å². The molecule has 1 N–H and O–H groups in total. The first-order valence-corrected chi connectivity index (χ1v) is 8.38. The normalized spacial score (nSPS) is 10.6. The second-order valence-corrected chi connectivity index (χ2v) is 6.51. The van der Waals surface area contributed by atoms with Crippen LogP contribution in [-0.4, -0.2) is 38.0 Å². The van der Waals surface area contributed by atoms with E-state index in [4.69, 9.17) is 0 Å². The van der Waals surface area contributed by atoms with Crippen molar-refractivity contribution < 1.29 is 14.4 Å². The minimum atomic E-state index is -0.749. The van der Waals surface area contributed by atoms with Crippen LogP contribution in [0, 0.1) is 0 Å². The maximum absolute atomic E-state index is 12.0. The third kappa shape index (κ3) is 4.10. The van der Waals surface area contributed by atoms with Gasteiger partial charge in [0, 0.05) is 23.3 Å². The van der Waals surface area contributed by atoms with Crippen molar-refractivity contribution in [1.82, 2.24) is 20.6 Å². The fourth-order valence-electron chi connectivity index (χ4n) is 2.32. The van der Waals surface area contributed by atoms with Crippen LogP contribution in [0.25, 0.3) is 0 Å². The summed E-state index contributed by atoms with van der Waals surface area (Å²) in [5.41, 5.74) is 2.54. The molecule has 25 heavy (non-hydrogen) atoms. The van der Waals surface area contributed by atoms with Crippen LogP contribution in [0.3, 0.4) is 0 Å². The first-order chi connectivity index (χ1) is 12.0. The molecule has 0 amide bonds. The topological polar surface area (TPSA) is 106 Å². The summed E-state index contributed by atoms with van der Waals surface area (Å²) in [5, 5.41) is 14.3. The molecule has 0 saturated heterocycles. The number of nitrogens with one attached hydrogen (secondary N) is 1. The van der Waals surface area contributed by atoms with Gasteiger partial charge in [-0.25, -0.2) is 0 Å². The number of ketones is 3. The van der Waals surface area contributed by atoms with E-state index in [0.29, 0.717) is 12.0 Å². The van der Waals surface area contributed by atoms with Crippen molar-refractivity contribution in [2.24, 2.45) is 0 Å². The molecule has 0 fully saturated rings. The SMILES string of the molecule is CC(=O)c1ccc(Cc2cc(CC(=O)C(=O)c3nn[nH]n3)cs2)cc1. The summed E-state index contributed by atoms with van der Waals surface area (Å²) in [7, 11) is 0. The number of tetrazole rings is 1. The molecule has 0 saturated carbocycles. The minimum absolute atomic E-state index is 0.00709. The lowest BCUT2D eigenvalue weighted by Crippen LogP contribution is -2.17. The Kier molecular flexibility index (Phi) is 4.90. The van der Waals surface area contributed by atoms with Crippen molar-refractivity contribution in [2.75, 3.05) is 0 Å². The number of Topliss-reactive ketones (excluding diaryl/α,β-unsaturated/α-hetero) is 3. The highest BCUT2D eigenvalue weighted by Gasteiger charge is 2.21. The largest absolute Gasteiger partial charge is 0.295 e. The van der Waals surface area contributed by atoms with Crippen LogP contribution in [0.15, 0.2) is 35.7 Å². The summed E-state index contributed by atoms with van der Waals surface area (Å²) < 4.78 is 0. The smallest absolute Gasteiger partial charge is 0.269 e. The fourth-order valence-corrected chi connectivity index (χ4v) is 3.24. The maximum atomic E-state index is 12.0.